The Morgan fingerprint density at radius 2 is 1.67 bits per heavy atom. The van der Waals surface area contributed by atoms with Crippen molar-refractivity contribution < 1.29 is 18.8 Å². The summed E-state index contributed by atoms with van der Waals surface area (Å²) in [7, 11) is -1.63. The Bertz CT molecular complexity index is 900. The summed E-state index contributed by atoms with van der Waals surface area (Å²) in [5.74, 6) is -0.320. The van der Waals surface area contributed by atoms with Gasteiger partial charge in [0.15, 0.2) is 0 Å². The molecule has 0 spiro atoms. The number of unbranched alkanes of at least 4 members (excludes halogenated alkanes) is 2. The number of ether oxygens (including phenoxy) is 1. The molecule has 0 fully saturated rings. The van der Waals surface area contributed by atoms with Gasteiger partial charge in [0.1, 0.15) is 22.5 Å². The molecule has 2 rings (SSSR count). The van der Waals surface area contributed by atoms with Crippen molar-refractivity contribution in [3.8, 4) is 11.5 Å². The molecule has 1 unspecified atom stereocenters. The SMILES string of the molecule is CC.CCCCN(CCCC)c1cc(Oc2ccccc2Cl)c(S(=O)NCC)cc1C(=O)O. The molecule has 0 saturated carbocycles. The topological polar surface area (TPSA) is 78.9 Å². The van der Waals surface area contributed by atoms with Crippen LogP contribution in [0.2, 0.25) is 5.02 Å². The van der Waals surface area contributed by atoms with Crippen molar-refractivity contribution >= 4 is 34.2 Å². The number of hydrogen-bond donors (Lipinski definition) is 2. The number of hydrogen-bond acceptors (Lipinski definition) is 4. The van der Waals surface area contributed by atoms with Gasteiger partial charge in [-0.1, -0.05) is 71.2 Å². The van der Waals surface area contributed by atoms with Crippen LogP contribution in [0.4, 0.5) is 5.69 Å². The van der Waals surface area contributed by atoms with Crippen LogP contribution in [0.3, 0.4) is 0 Å². The highest BCUT2D eigenvalue weighted by Crippen LogP contribution is 2.37. The number of benzene rings is 2. The molecule has 0 heterocycles. The average molecular weight is 497 g/mol. The number of carboxylic acid groups (broad SMARTS) is 1. The Morgan fingerprint density at radius 3 is 2.18 bits per heavy atom. The van der Waals surface area contributed by atoms with Crippen molar-refractivity contribution in [3.05, 3.63) is 47.0 Å². The second-order valence-electron chi connectivity index (χ2n) is 7.11. The third-order valence-electron chi connectivity index (χ3n) is 4.73. The van der Waals surface area contributed by atoms with E-state index in [1.807, 2.05) is 20.8 Å². The average Bonchev–Trinajstić information content (AvgIpc) is 2.81. The van der Waals surface area contributed by atoms with Crippen molar-refractivity contribution in [2.45, 2.75) is 65.2 Å². The molecule has 0 amide bonds. The Kier molecular flexibility index (Phi) is 13.8. The molecule has 184 valence electrons. The summed E-state index contributed by atoms with van der Waals surface area (Å²) >= 11 is 6.27. The van der Waals surface area contributed by atoms with Crippen LogP contribution in [-0.2, 0) is 11.0 Å². The number of anilines is 1. The first kappa shape index (κ1) is 28.9. The summed E-state index contributed by atoms with van der Waals surface area (Å²) in [5.41, 5.74) is 0.675. The lowest BCUT2D eigenvalue weighted by Gasteiger charge is -2.27. The van der Waals surface area contributed by atoms with E-state index in [4.69, 9.17) is 16.3 Å². The van der Waals surface area contributed by atoms with Gasteiger partial charge in [-0.05, 0) is 31.0 Å². The highest BCUT2D eigenvalue weighted by atomic mass is 35.5. The molecular formula is C25H37ClN2O4S. The molecule has 0 aliphatic carbocycles. The minimum atomic E-state index is -1.63. The van der Waals surface area contributed by atoms with Gasteiger partial charge in [0.2, 0.25) is 0 Å². The zero-order chi connectivity index (χ0) is 24.8. The van der Waals surface area contributed by atoms with Gasteiger partial charge in [0.05, 0.1) is 21.2 Å². The minimum absolute atomic E-state index is 0.111. The molecule has 0 aliphatic heterocycles. The molecule has 0 radical (unpaired) electrons. The molecular weight excluding hydrogens is 460 g/mol. The lowest BCUT2D eigenvalue weighted by molar-refractivity contribution is 0.0697. The number of halogens is 1. The largest absolute Gasteiger partial charge is 0.478 e. The van der Waals surface area contributed by atoms with Gasteiger partial charge in [-0.25, -0.2) is 13.7 Å². The first-order valence-electron chi connectivity index (χ1n) is 11.7. The molecule has 0 bridgehead atoms. The smallest absolute Gasteiger partial charge is 0.337 e. The highest BCUT2D eigenvalue weighted by Gasteiger charge is 2.23. The number of nitrogens with one attached hydrogen (secondary N) is 1. The van der Waals surface area contributed by atoms with E-state index in [-0.39, 0.29) is 10.5 Å². The van der Waals surface area contributed by atoms with E-state index in [1.54, 1.807) is 30.3 Å². The molecule has 0 aromatic heterocycles. The van der Waals surface area contributed by atoms with Crippen LogP contribution in [0.15, 0.2) is 41.3 Å². The second kappa shape index (κ2) is 15.7. The number of aromatic carboxylic acids is 1. The molecule has 0 saturated heterocycles. The maximum Gasteiger partial charge on any atom is 0.337 e. The zero-order valence-corrected chi connectivity index (χ0v) is 21.9. The van der Waals surface area contributed by atoms with Crippen molar-refractivity contribution in [2.24, 2.45) is 0 Å². The lowest BCUT2D eigenvalue weighted by Crippen LogP contribution is -2.28. The predicted molar refractivity (Wildman–Crippen MR) is 138 cm³/mol. The van der Waals surface area contributed by atoms with Crippen LogP contribution in [0, 0.1) is 0 Å². The van der Waals surface area contributed by atoms with E-state index < -0.39 is 17.0 Å². The number of para-hydroxylation sites is 1. The van der Waals surface area contributed by atoms with Crippen LogP contribution in [0.5, 0.6) is 11.5 Å². The monoisotopic (exact) mass is 496 g/mol. The third-order valence-corrected chi connectivity index (χ3v) is 6.31. The van der Waals surface area contributed by atoms with Crippen LogP contribution in [0.1, 0.15) is 70.7 Å². The first-order valence-corrected chi connectivity index (χ1v) is 13.2. The molecule has 6 nitrogen and oxygen atoms in total. The van der Waals surface area contributed by atoms with Crippen LogP contribution >= 0.6 is 11.6 Å². The minimum Gasteiger partial charge on any atom is -0.478 e. The normalized spacial score (nSPS) is 11.3. The standard InChI is InChI=1S/C23H31ClN2O4S.C2H6/c1-4-7-13-26(14-8-5-2)19-16-21(30-20-12-10-9-11-18(20)24)22(31(29)25-6-3)15-17(19)23(27)28;1-2/h9-12,15-16,25H,4-8,13-14H2,1-3H3,(H,27,28);1-2H3. The number of rotatable bonds is 13. The van der Waals surface area contributed by atoms with Gasteiger partial charge in [-0.2, -0.15) is 0 Å². The van der Waals surface area contributed by atoms with E-state index in [2.05, 4.69) is 23.5 Å². The lowest BCUT2D eigenvalue weighted by atomic mass is 10.1. The Labute approximate surface area is 205 Å². The molecule has 2 aromatic carbocycles. The van der Waals surface area contributed by atoms with Crippen LogP contribution < -0.4 is 14.4 Å². The summed E-state index contributed by atoms with van der Waals surface area (Å²) in [5, 5.41) is 10.3. The maximum atomic E-state index is 12.8. The van der Waals surface area contributed by atoms with Crippen LogP contribution in [-0.4, -0.2) is 34.9 Å². The summed E-state index contributed by atoms with van der Waals surface area (Å²) in [4.78, 5) is 14.5. The van der Waals surface area contributed by atoms with Gasteiger partial charge in [0.25, 0.3) is 0 Å². The van der Waals surface area contributed by atoms with E-state index in [0.717, 1.165) is 38.8 Å². The van der Waals surface area contributed by atoms with E-state index in [0.29, 0.717) is 28.8 Å². The Balaban J connectivity index is 0.00000265. The summed E-state index contributed by atoms with van der Waals surface area (Å²) in [6.45, 7) is 12.0. The van der Waals surface area contributed by atoms with Gasteiger partial charge >= 0.3 is 5.97 Å². The molecule has 33 heavy (non-hydrogen) atoms. The first-order chi connectivity index (χ1) is 15.9. The number of carboxylic acids is 1. The van der Waals surface area contributed by atoms with Gasteiger partial charge in [-0.3, -0.25) is 0 Å². The molecule has 2 aromatic rings. The van der Waals surface area contributed by atoms with E-state index >= 15 is 0 Å². The van der Waals surface area contributed by atoms with Crippen molar-refractivity contribution in [2.75, 3.05) is 24.5 Å². The predicted octanol–water partition coefficient (Wildman–Crippen LogP) is 6.90. The zero-order valence-electron chi connectivity index (χ0n) is 20.3. The second-order valence-corrected chi connectivity index (χ2v) is 8.79. The summed E-state index contributed by atoms with van der Waals surface area (Å²) in [6, 6.07) is 10.2. The van der Waals surface area contributed by atoms with Crippen LogP contribution in [0.25, 0.3) is 0 Å². The molecule has 0 aliphatic rings. The maximum absolute atomic E-state index is 12.8. The van der Waals surface area contributed by atoms with E-state index in [1.165, 1.54) is 6.07 Å². The summed E-state index contributed by atoms with van der Waals surface area (Å²) < 4.78 is 21.7. The van der Waals surface area contributed by atoms with E-state index in [9.17, 15) is 14.1 Å². The Morgan fingerprint density at radius 1 is 1.06 bits per heavy atom. The fourth-order valence-corrected chi connectivity index (χ4v) is 4.21. The van der Waals surface area contributed by atoms with Crippen molar-refractivity contribution in [3.63, 3.8) is 0 Å². The Hall–Kier alpha value is -2.09. The van der Waals surface area contributed by atoms with Crippen molar-refractivity contribution in [1.29, 1.82) is 0 Å². The fourth-order valence-electron chi connectivity index (χ4n) is 3.11. The fraction of sp³-hybridized carbons (Fsp3) is 0.480. The highest BCUT2D eigenvalue weighted by molar-refractivity contribution is 7.83. The van der Waals surface area contributed by atoms with Gasteiger partial charge in [-0.15, -0.1) is 0 Å². The van der Waals surface area contributed by atoms with Gasteiger partial charge < -0.3 is 14.7 Å². The number of nitrogens with zero attached hydrogens (tertiary/aromatic N) is 1. The third kappa shape index (κ3) is 8.65. The molecule has 2 N–H and O–H groups in total. The summed E-state index contributed by atoms with van der Waals surface area (Å²) in [6.07, 6.45) is 3.87. The van der Waals surface area contributed by atoms with Crippen molar-refractivity contribution in [1.82, 2.24) is 4.72 Å². The molecule has 8 heteroatoms. The van der Waals surface area contributed by atoms with Gasteiger partial charge in [0, 0.05) is 25.7 Å². The number of carbonyl (C=O) groups is 1. The molecule has 1 atom stereocenters. The quantitative estimate of drug-likeness (QED) is 0.315.